The van der Waals surface area contributed by atoms with Crippen molar-refractivity contribution in [1.82, 2.24) is 10.2 Å². The zero-order valence-electron chi connectivity index (χ0n) is 26.9. The van der Waals surface area contributed by atoms with Gasteiger partial charge in [-0.15, -0.1) is 0 Å². The largest absolute Gasteiger partial charge is 0.497 e. The molecule has 0 spiro atoms. The third-order valence-corrected chi connectivity index (χ3v) is 9.33. The highest BCUT2D eigenvalue weighted by Gasteiger charge is 2.35. The van der Waals surface area contributed by atoms with Gasteiger partial charge in [-0.3, -0.25) is 13.9 Å². The smallest absolute Gasteiger partial charge is 0.264 e. The molecule has 248 valence electrons. The van der Waals surface area contributed by atoms with E-state index in [2.05, 4.69) is 5.32 Å². The van der Waals surface area contributed by atoms with Crippen molar-refractivity contribution >= 4 is 39.1 Å². The zero-order valence-corrected chi connectivity index (χ0v) is 28.5. The fourth-order valence-corrected chi connectivity index (χ4v) is 6.64. The summed E-state index contributed by atoms with van der Waals surface area (Å²) in [5.41, 5.74) is 1.73. The van der Waals surface area contributed by atoms with Gasteiger partial charge < -0.3 is 19.7 Å². The Hall–Kier alpha value is -4.54. The molecule has 4 aromatic carbocycles. The molecule has 1 unspecified atom stereocenters. The van der Waals surface area contributed by atoms with Gasteiger partial charge in [-0.2, -0.15) is 0 Å². The molecule has 4 rings (SSSR count). The lowest BCUT2D eigenvalue weighted by Gasteiger charge is -2.34. The predicted octanol–water partition coefficient (Wildman–Crippen LogP) is 6.11. The van der Waals surface area contributed by atoms with Crippen molar-refractivity contribution in [1.29, 1.82) is 0 Å². The number of sulfonamides is 1. The molecule has 11 heteroatoms. The fraction of sp³-hybridized carbons (Fsp3) is 0.278. The summed E-state index contributed by atoms with van der Waals surface area (Å²) < 4.78 is 40.9. The average Bonchev–Trinajstić information content (AvgIpc) is 3.06. The van der Waals surface area contributed by atoms with E-state index in [0.29, 0.717) is 16.3 Å². The second-order valence-corrected chi connectivity index (χ2v) is 13.4. The molecule has 2 amide bonds. The van der Waals surface area contributed by atoms with Crippen molar-refractivity contribution in [2.45, 2.75) is 50.7 Å². The van der Waals surface area contributed by atoms with E-state index in [9.17, 15) is 18.0 Å². The minimum absolute atomic E-state index is 0.0149. The summed E-state index contributed by atoms with van der Waals surface area (Å²) in [5.74, 6) is -0.0739. The average molecular weight is 678 g/mol. The topological polar surface area (TPSA) is 105 Å². The number of anilines is 1. The molecule has 0 fully saturated rings. The Morgan fingerprint density at radius 1 is 0.872 bits per heavy atom. The van der Waals surface area contributed by atoms with Crippen LogP contribution in [0.4, 0.5) is 5.69 Å². The van der Waals surface area contributed by atoms with Gasteiger partial charge in [-0.05, 0) is 80.4 Å². The molecular weight excluding hydrogens is 638 g/mol. The maximum atomic E-state index is 14.7. The van der Waals surface area contributed by atoms with Crippen LogP contribution in [0.1, 0.15) is 31.9 Å². The minimum atomic E-state index is -4.32. The van der Waals surface area contributed by atoms with Crippen LogP contribution in [0.25, 0.3) is 0 Å². The Morgan fingerprint density at radius 2 is 1.53 bits per heavy atom. The normalized spacial score (nSPS) is 11.9. The Bertz CT molecular complexity index is 1750. The number of rotatable bonds is 15. The summed E-state index contributed by atoms with van der Waals surface area (Å²) in [5, 5.41) is 3.32. The van der Waals surface area contributed by atoms with Crippen LogP contribution >= 0.6 is 11.6 Å². The summed E-state index contributed by atoms with van der Waals surface area (Å²) in [6.07, 6.45) is 0.203. The summed E-state index contributed by atoms with van der Waals surface area (Å²) >= 11 is 6.08. The van der Waals surface area contributed by atoms with E-state index in [-0.39, 0.29) is 47.9 Å². The number of benzene rings is 4. The predicted molar refractivity (Wildman–Crippen MR) is 184 cm³/mol. The minimum Gasteiger partial charge on any atom is -0.497 e. The third kappa shape index (κ3) is 9.27. The Morgan fingerprint density at radius 3 is 2.19 bits per heavy atom. The van der Waals surface area contributed by atoms with Crippen molar-refractivity contribution in [2.24, 2.45) is 0 Å². The Kier molecular flexibility index (Phi) is 12.3. The van der Waals surface area contributed by atoms with Crippen LogP contribution in [0.5, 0.6) is 11.5 Å². The second kappa shape index (κ2) is 16.3. The first-order chi connectivity index (χ1) is 22.5. The van der Waals surface area contributed by atoms with Crippen LogP contribution < -0.4 is 19.1 Å². The highest BCUT2D eigenvalue weighted by Crippen LogP contribution is 2.33. The molecule has 47 heavy (non-hydrogen) atoms. The van der Waals surface area contributed by atoms with Crippen LogP contribution in [0.15, 0.2) is 108 Å². The van der Waals surface area contributed by atoms with Crippen LogP contribution in [-0.2, 0) is 32.6 Å². The van der Waals surface area contributed by atoms with Gasteiger partial charge in [0.1, 0.15) is 24.1 Å². The number of carbonyl (C=O) groups excluding carboxylic acids is 2. The number of hydrogen-bond donors (Lipinski definition) is 1. The van der Waals surface area contributed by atoms with Gasteiger partial charge in [0.2, 0.25) is 11.8 Å². The van der Waals surface area contributed by atoms with Gasteiger partial charge >= 0.3 is 0 Å². The van der Waals surface area contributed by atoms with Crippen LogP contribution in [-0.4, -0.2) is 57.5 Å². The van der Waals surface area contributed by atoms with Gasteiger partial charge in [-0.1, -0.05) is 66.2 Å². The number of carbonyl (C=O) groups is 2. The first-order valence-corrected chi connectivity index (χ1v) is 17.1. The SMILES string of the molecule is CCOc1ccccc1N(CC(=O)N(Cc1cccc(OC)c1)C(Cc1ccccc1)C(=O)NC(C)C)S(=O)(=O)c1ccc(Cl)cc1. The first-order valence-electron chi connectivity index (χ1n) is 15.3. The molecule has 0 radical (unpaired) electrons. The molecule has 0 aliphatic carbocycles. The molecule has 0 saturated heterocycles. The molecule has 1 atom stereocenters. The third-order valence-electron chi connectivity index (χ3n) is 7.30. The zero-order chi connectivity index (χ0) is 34.0. The number of hydrogen-bond acceptors (Lipinski definition) is 6. The van der Waals surface area contributed by atoms with Crippen molar-refractivity contribution in [3.8, 4) is 11.5 Å². The summed E-state index contributed by atoms with van der Waals surface area (Å²) in [4.78, 5) is 29.9. The molecule has 4 aromatic rings. The quantitative estimate of drug-likeness (QED) is 0.163. The standard InChI is InChI=1S/C36H40ClN3O6S/c1-5-46-34-17-10-9-16-32(34)40(47(43,44)31-20-18-29(37)19-21-31)25-35(41)39(24-28-14-11-15-30(22-28)45-4)33(36(42)38-26(2)3)23-27-12-7-6-8-13-27/h6-22,26,33H,5,23-25H2,1-4H3,(H,38,42). The molecule has 0 aliphatic heterocycles. The molecule has 0 saturated carbocycles. The summed E-state index contributed by atoms with van der Waals surface area (Å²) in [7, 11) is -2.77. The van der Waals surface area contributed by atoms with E-state index < -0.39 is 28.5 Å². The van der Waals surface area contributed by atoms with Gasteiger partial charge in [0.15, 0.2) is 0 Å². The molecule has 0 heterocycles. The van der Waals surface area contributed by atoms with Crippen molar-refractivity contribution < 1.29 is 27.5 Å². The maximum Gasteiger partial charge on any atom is 0.264 e. The second-order valence-electron chi connectivity index (χ2n) is 11.1. The summed E-state index contributed by atoms with van der Waals surface area (Å²) in [6, 6.07) is 27.8. The highest BCUT2D eigenvalue weighted by atomic mass is 35.5. The lowest BCUT2D eigenvalue weighted by molar-refractivity contribution is -0.140. The number of ether oxygens (including phenoxy) is 2. The molecule has 0 aromatic heterocycles. The molecule has 0 bridgehead atoms. The Labute approximate surface area is 282 Å². The van der Waals surface area contributed by atoms with Crippen molar-refractivity contribution in [3.63, 3.8) is 0 Å². The lowest BCUT2D eigenvalue weighted by Crippen LogP contribution is -2.54. The van der Waals surface area contributed by atoms with Crippen LogP contribution in [0, 0.1) is 0 Å². The summed E-state index contributed by atoms with van der Waals surface area (Å²) in [6.45, 7) is 5.15. The van der Waals surface area contributed by atoms with Gasteiger partial charge in [0, 0.05) is 24.0 Å². The van der Waals surface area contributed by atoms with E-state index in [1.807, 2.05) is 50.2 Å². The number of methoxy groups -OCH3 is 1. The monoisotopic (exact) mass is 677 g/mol. The van der Waals surface area contributed by atoms with Crippen LogP contribution in [0.2, 0.25) is 5.02 Å². The number of nitrogens with zero attached hydrogens (tertiary/aromatic N) is 2. The number of halogens is 1. The van der Waals surface area contributed by atoms with Crippen molar-refractivity contribution in [2.75, 3.05) is 24.6 Å². The number of para-hydroxylation sites is 2. The lowest BCUT2D eigenvalue weighted by atomic mass is 10.0. The van der Waals surface area contributed by atoms with Crippen LogP contribution in [0.3, 0.4) is 0 Å². The number of nitrogens with one attached hydrogen (secondary N) is 1. The van der Waals surface area contributed by atoms with Gasteiger partial charge in [0.05, 0.1) is 24.3 Å². The maximum absolute atomic E-state index is 14.7. The molecular formula is C36H40ClN3O6S. The van der Waals surface area contributed by atoms with Crippen molar-refractivity contribution in [3.05, 3.63) is 119 Å². The molecule has 9 nitrogen and oxygen atoms in total. The fourth-order valence-electron chi connectivity index (χ4n) is 5.09. The van der Waals surface area contributed by atoms with E-state index in [1.54, 1.807) is 56.5 Å². The van der Waals surface area contributed by atoms with E-state index in [4.69, 9.17) is 21.1 Å². The van der Waals surface area contributed by atoms with Gasteiger partial charge in [-0.25, -0.2) is 8.42 Å². The number of amides is 2. The van der Waals surface area contributed by atoms with E-state index in [0.717, 1.165) is 9.87 Å². The van der Waals surface area contributed by atoms with Gasteiger partial charge in [0.25, 0.3) is 10.0 Å². The van der Waals surface area contributed by atoms with E-state index >= 15 is 0 Å². The van der Waals surface area contributed by atoms with E-state index in [1.165, 1.54) is 29.2 Å². The molecule has 1 N–H and O–H groups in total. The molecule has 0 aliphatic rings. The first kappa shape index (κ1) is 35.3. The Balaban J connectivity index is 1.85. The highest BCUT2D eigenvalue weighted by molar-refractivity contribution is 7.92.